The first-order valence-electron chi connectivity index (χ1n) is 6.73. The van der Waals surface area contributed by atoms with Crippen molar-refractivity contribution in [2.75, 3.05) is 19.7 Å². The zero-order chi connectivity index (χ0) is 12.8. The Bertz CT molecular complexity index is 240. The Kier molecular flexibility index (Phi) is 5.92. The van der Waals surface area contributed by atoms with Crippen molar-refractivity contribution in [1.29, 1.82) is 0 Å². The molecule has 0 aliphatic heterocycles. The van der Waals surface area contributed by atoms with Gasteiger partial charge in [0.1, 0.15) is 0 Å². The Morgan fingerprint density at radius 1 is 1.47 bits per heavy atom. The SMILES string of the molecule is CCN(C(=O)CNC(CCO)C(C)C)C1CC1. The van der Waals surface area contributed by atoms with Crippen LogP contribution in [-0.2, 0) is 4.79 Å². The van der Waals surface area contributed by atoms with Crippen LogP contribution in [0.15, 0.2) is 0 Å². The molecule has 4 nitrogen and oxygen atoms in total. The summed E-state index contributed by atoms with van der Waals surface area (Å²) in [6.45, 7) is 7.62. The number of aliphatic hydroxyl groups is 1. The maximum absolute atomic E-state index is 12.0. The van der Waals surface area contributed by atoms with Crippen molar-refractivity contribution in [2.24, 2.45) is 5.92 Å². The quantitative estimate of drug-likeness (QED) is 0.667. The predicted octanol–water partition coefficient (Wildman–Crippen LogP) is 0.994. The molecule has 0 heterocycles. The van der Waals surface area contributed by atoms with Gasteiger partial charge in [0.25, 0.3) is 0 Å². The summed E-state index contributed by atoms with van der Waals surface area (Å²) in [5.41, 5.74) is 0. The molecule has 0 aromatic rings. The van der Waals surface area contributed by atoms with Crippen LogP contribution in [0.3, 0.4) is 0 Å². The van der Waals surface area contributed by atoms with E-state index in [9.17, 15) is 4.79 Å². The van der Waals surface area contributed by atoms with Crippen molar-refractivity contribution in [1.82, 2.24) is 10.2 Å². The van der Waals surface area contributed by atoms with Gasteiger partial charge in [0.05, 0.1) is 6.54 Å². The highest BCUT2D eigenvalue weighted by Crippen LogP contribution is 2.26. The lowest BCUT2D eigenvalue weighted by atomic mass is 10.0. The third-order valence-corrected chi connectivity index (χ3v) is 3.41. The molecule has 0 aromatic carbocycles. The fraction of sp³-hybridized carbons (Fsp3) is 0.923. The Labute approximate surface area is 104 Å². The lowest BCUT2D eigenvalue weighted by Crippen LogP contribution is -2.44. The number of nitrogens with one attached hydrogen (secondary N) is 1. The van der Waals surface area contributed by atoms with Gasteiger partial charge < -0.3 is 15.3 Å². The average molecular weight is 242 g/mol. The molecule has 17 heavy (non-hydrogen) atoms. The summed E-state index contributed by atoms with van der Waals surface area (Å²) in [4.78, 5) is 13.9. The molecule has 0 aromatic heterocycles. The zero-order valence-electron chi connectivity index (χ0n) is 11.3. The fourth-order valence-corrected chi connectivity index (χ4v) is 2.15. The van der Waals surface area contributed by atoms with Crippen LogP contribution in [-0.4, -0.2) is 47.7 Å². The number of nitrogens with zero attached hydrogens (tertiary/aromatic N) is 1. The van der Waals surface area contributed by atoms with Gasteiger partial charge in [-0.1, -0.05) is 13.8 Å². The van der Waals surface area contributed by atoms with Crippen molar-refractivity contribution >= 4 is 5.91 Å². The minimum atomic E-state index is 0.171. The van der Waals surface area contributed by atoms with E-state index in [1.807, 2.05) is 11.8 Å². The van der Waals surface area contributed by atoms with E-state index in [1.165, 1.54) is 0 Å². The van der Waals surface area contributed by atoms with Crippen molar-refractivity contribution < 1.29 is 9.90 Å². The summed E-state index contributed by atoms with van der Waals surface area (Å²) < 4.78 is 0. The standard InChI is InChI=1S/C13H26N2O2/c1-4-15(11-5-6-11)13(17)9-14-12(7-8-16)10(2)3/h10-12,14,16H,4-9H2,1-3H3. The molecule has 0 radical (unpaired) electrons. The van der Waals surface area contributed by atoms with E-state index in [4.69, 9.17) is 5.11 Å². The van der Waals surface area contributed by atoms with Gasteiger partial charge in [-0.05, 0) is 32.1 Å². The number of hydrogen-bond acceptors (Lipinski definition) is 3. The molecule has 1 rings (SSSR count). The molecule has 1 amide bonds. The monoisotopic (exact) mass is 242 g/mol. The van der Waals surface area contributed by atoms with Crippen molar-refractivity contribution in [2.45, 2.75) is 52.1 Å². The third kappa shape index (κ3) is 4.64. The minimum absolute atomic E-state index is 0.171. The molecule has 0 bridgehead atoms. The highest BCUT2D eigenvalue weighted by Gasteiger charge is 2.31. The average Bonchev–Trinajstić information content (AvgIpc) is 3.09. The van der Waals surface area contributed by atoms with Gasteiger partial charge in [-0.3, -0.25) is 4.79 Å². The first kappa shape index (κ1) is 14.5. The summed E-state index contributed by atoms with van der Waals surface area (Å²) in [6, 6.07) is 0.714. The van der Waals surface area contributed by atoms with Crippen LogP contribution in [0.25, 0.3) is 0 Å². The van der Waals surface area contributed by atoms with E-state index in [0.29, 0.717) is 24.9 Å². The lowest BCUT2D eigenvalue weighted by molar-refractivity contribution is -0.130. The zero-order valence-corrected chi connectivity index (χ0v) is 11.3. The van der Waals surface area contributed by atoms with Gasteiger partial charge in [-0.25, -0.2) is 0 Å². The fourth-order valence-electron chi connectivity index (χ4n) is 2.15. The van der Waals surface area contributed by atoms with Crippen molar-refractivity contribution in [3.8, 4) is 0 Å². The van der Waals surface area contributed by atoms with Crippen LogP contribution in [0.4, 0.5) is 0 Å². The van der Waals surface area contributed by atoms with Crippen LogP contribution < -0.4 is 5.32 Å². The predicted molar refractivity (Wildman–Crippen MR) is 68.7 cm³/mol. The van der Waals surface area contributed by atoms with Crippen LogP contribution in [0.5, 0.6) is 0 Å². The second-order valence-corrected chi connectivity index (χ2v) is 5.15. The van der Waals surface area contributed by atoms with Gasteiger partial charge in [0, 0.05) is 25.2 Å². The molecule has 0 saturated heterocycles. The van der Waals surface area contributed by atoms with E-state index in [1.54, 1.807) is 0 Å². The minimum Gasteiger partial charge on any atom is -0.396 e. The number of rotatable bonds is 8. The Morgan fingerprint density at radius 2 is 2.12 bits per heavy atom. The van der Waals surface area contributed by atoms with E-state index >= 15 is 0 Å². The molecule has 1 aliphatic rings. The number of hydrogen-bond donors (Lipinski definition) is 2. The van der Waals surface area contributed by atoms with Crippen LogP contribution in [0, 0.1) is 5.92 Å². The molecule has 1 saturated carbocycles. The number of amides is 1. The molecule has 1 unspecified atom stereocenters. The summed E-state index contributed by atoms with van der Waals surface area (Å²) in [5, 5.41) is 12.2. The van der Waals surface area contributed by atoms with E-state index in [2.05, 4.69) is 19.2 Å². The normalized spacial score (nSPS) is 17.2. The Morgan fingerprint density at radius 3 is 2.53 bits per heavy atom. The smallest absolute Gasteiger partial charge is 0.236 e. The second-order valence-electron chi connectivity index (χ2n) is 5.15. The van der Waals surface area contributed by atoms with Crippen LogP contribution >= 0.6 is 0 Å². The summed E-state index contributed by atoms with van der Waals surface area (Å²) in [6.07, 6.45) is 3.02. The topological polar surface area (TPSA) is 52.6 Å². The van der Waals surface area contributed by atoms with E-state index in [0.717, 1.165) is 19.4 Å². The molecular weight excluding hydrogens is 216 g/mol. The molecule has 2 N–H and O–H groups in total. The van der Waals surface area contributed by atoms with Gasteiger partial charge in [0.15, 0.2) is 0 Å². The van der Waals surface area contributed by atoms with E-state index < -0.39 is 0 Å². The number of carbonyl (C=O) groups excluding carboxylic acids is 1. The van der Waals surface area contributed by atoms with Crippen LogP contribution in [0.1, 0.15) is 40.0 Å². The van der Waals surface area contributed by atoms with Gasteiger partial charge in [0.2, 0.25) is 5.91 Å². The summed E-state index contributed by atoms with van der Waals surface area (Å²) >= 11 is 0. The third-order valence-electron chi connectivity index (χ3n) is 3.41. The molecule has 1 fully saturated rings. The molecule has 4 heteroatoms. The van der Waals surface area contributed by atoms with Gasteiger partial charge >= 0.3 is 0 Å². The first-order valence-corrected chi connectivity index (χ1v) is 6.73. The first-order chi connectivity index (χ1) is 8.10. The molecule has 100 valence electrons. The molecule has 1 aliphatic carbocycles. The van der Waals surface area contributed by atoms with Crippen molar-refractivity contribution in [3.05, 3.63) is 0 Å². The van der Waals surface area contributed by atoms with Gasteiger partial charge in [-0.15, -0.1) is 0 Å². The number of likely N-dealkylation sites (N-methyl/N-ethyl adjacent to an activating group) is 1. The maximum Gasteiger partial charge on any atom is 0.236 e. The molecular formula is C13H26N2O2. The number of aliphatic hydroxyl groups excluding tert-OH is 1. The second kappa shape index (κ2) is 6.97. The van der Waals surface area contributed by atoms with Crippen molar-refractivity contribution in [3.63, 3.8) is 0 Å². The Balaban J connectivity index is 2.33. The van der Waals surface area contributed by atoms with E-state index in [-0.39, 0.29) is 18.6 Å². The molecule has 1 atom stereocenters. The Hall–Kier alpha value is -0.610. The summed E-state index contributed by atoms with van der Waals surface area (Å²) in [5.74, 6) is 0.629. The maximum atomic E-state index is 12.0. The lowest BCUT2D eigenvalue weighted by Gasteiger charge is -2.25. The van der Waals surface area contributed by atoms with Gasteiger partial charge in [-0.2, -0.15) is 0 Å². The largest absolute Gasteiger partial charge is 0.396 e. The summed E-state index contributed by atoms with van der Waals surface area (Å²) in [7, 11) is 0. The molecule has 0 spiro atoms. The van der Waals surface area contributed by atoms with Crippen LogP contribution in [0.2, 0.25) is 0 Å². The highest BCUT2D eigenvalue weighted by molar-refractivity contribution is 5.78. The number of carbonyl (C=O) groups is 1. The highest BCUT2D eigenvalue weighted by atomic mass is 16.3.